The van der Waals surface area contributed by atoms with Crippen molar-refractivity contribution >= 4 is 0 Å². The van der Waals surface area contributed by atoms with Crippen molar-refractivity contribution in [3.63, 3.8) is 0 Å². The van der Waals surface area contributed by atoms with E-state index < -0.39 is 0 Å². The Bertz CT molecular complexity index is 1190. The number of aliphatic hydroxyl groups excluding tert-OH is 2. The van der Waals surface area contributed by atoms with E-state index in [4.69, 9.17) is 0 Å². The Labute approximate surface area is 257 Å². The van der Waals surface area contributed by atoms with Crippen LogP contribution in [0.4, 0.5) is 0 Å². The lowest BCUT2D eigenvalue weighted by Crippen LogP contribution is -2.34. The summed E-state index contributed by atoms with van der Waals surface area (Å²) in [5.74, 6) is 0. The molecular weight excluding hydrogens is 512 g/mol. The lowest BCUT2D eigenvalue weighted by atomic mass is 9.70. The molecular formula is C40H56O2. The number of hydrogen-bond donors (Lipinski definition) is 2. The molecule has 0 saturated heterocycles. The molecule has 0 saturated carbocycles. The van der Waals surface area contributed by atoms with Gasteiger partial charge in [-0.15, -0.1) is 0 Å². The summed E-state index contributed by atoms with van der Waals surface area (Å²) < 4.78 is 0. The molecule has 2 heteroatoms. The zero-order chi connectivity index (χ0) is 31.5. The highest BCUT2D eigenvalue weighted by atomic mass is 16.3. The van der Waals surface area contributed by atoms with Gasteiger partial charge < -0.3 is 10.2 Å². The highest BCUT2D eigenvalue weighted by Crippen LogP contribution is 2.42. The third kappa shape index (κ3) is 10.4. The Hall–Kier alpha value is -2.94. The maximum absolute atomic E-state index is 10.4. The quantitative estimate of drug-likeness (QED) is 0.257. The third-order valence-electron chi connectivity index (χ3n) is 8.85. The van der Waals surface area contributed by atoms with Gasteiger partial charge in [0.25, 0.3) is 0 Å². The molecule has 0 bridgehead atoms. The first-order valence-electron chi connectivity index (χ1n) is 15.5. The second-order valence-electron chi connectivity index (χ2n) is 13.4. The lowest BCUT2D eigenvalue weighted by molar-refractivity contribution is 0.0606. The van der Waals surface area contributed by atoms with Gasteiger partial charge in [-0.1, -0.05) is 146 Å². The molecule has 0 aromatic heterocycles. The van der Waals surface area contributed by atoms with Crippen LogP contribution in [0.15, 0.2) is 130 Å². The van der Waals surface area contributed by atoms with Crippen LogP contribution >= 0.6 is 0 Å². The molecule has 2 atom stereocenters. The van der Waals surface area contributed by atoms with Crippen molar-refractivity contribution in [1.29, 1.82) is 0 Å². The van der Waals surface area contributed by atoms with Gasteiger partial charge in [0.05, 0.1) is 12.2 Å². The van der Waals surface area contributed by atoms with Crippen LogP contribution in [0.25, 0.3) is 0 Å². The van der Waals surface area contributed by atoms with E-state index in [-0.39, 0.29) is 23.0 Å². The van der Waals surface area contributed by atoms with Crippen molar-refractivity contribution in [3.05, 3.63) is 130 Å². The fourth-order valence-corrected chi connectivity index (χ4v) is 5.64. The van der Waals surface area contributed by atoms with Gasteiger partial charge in [0.1, 0.15) is 0 Å². The lowest BCUT2D eigenvalue weighted by Gasteiger charge is -2.37. The van der Waals surface area contributed by atoms with Crippen LogP contribution in [-0.2, 0) is 0 Å². The van der Waals surface area contributed by atoms with Gasteiger partial charge in [-0.05, 0) is 78.4 Å². The summed E-state index contributed by atoms with van der Waals surface area (Å²) in [7, 11) is 0. The normalized spacial score (nSPS) is 25.0. The van der Waals surface area contributed by atoms with Crippen molar-refractivity contribution in [2.24, 2.45) is 10.8 Å². The summed E-state index contributed by atoms with van der Waals surface area (Å²) in [6.07, 6.45) is 32.7. The molecule has 2 aliphatic rings. The maximum Gasteiger partial charge on any atom is 0.0634 e. The van der Waals surface area contributed by atoms with Crippen LogP contribution in [0.1, 0.15) is 94.9 Å². The molecule has 2 nitrogen and oxygen atoms in total. The fraction of sp³-hybridized carbons (Fsp3) is 0.450. The Morgan fingerprint density at radius 1 is 0.548 bits per heavy atom. The minimum atomic E-state index is -0.285. The molecule has 0 radical (unpaired) electrons. The van der Waals surface area contributed by atoms with Crippen LogP contribution in [0.5, 0.6) is 0 Å². The van der Waals surface area contributed by atoms with Crippen LogP contribution in [0, 0.1) is 10.8 Å². The standard InChI is InChI=1S/C40H56O2/c1-29(17-13-19-31(3)21-25-35-33(5)23-27-37(41)39(35,7)8)15-11-12-16-30(2)18-14-20-32(4)22-26-36-34(6)24-28-38(42)40(36,9)10/h11-22,25-26,37-38,41-42H,23-24,27-28H2,1-10H3/b12-11+,17-13+,18-14+,25-21+,26-22+,29-15+,30-16+,31-19+,32-20+/t37-,38-/m1/s1. The smallest absolute Gasteiger partial charge is 0.0634 e. The Morgan fingerprint density at radius 2 is 0.857 bits per heavy atom. The van der Waals surface area contributed by atoms with Gasteiger partial charge in [0, 0.05) is 10.8 Å². The first-order chi connectivity index (χ1) is 19.7. The third-order valence-corrected chi connectivity index (χ3v) is 8.85. The molecule has 0 fully saturated rings. The van der Waals surface area contributed by atoms with Gasteiger partial charge in [0.15, 0.2) is 0 Å². The molecule has 0 amide bonds. The molecule has 0 heterocycles. The average molecular weight is 569 g/mol. The molecule has 42 heavy (non-hydrogen) atoms. The number of aliphatic hydroxyl groups is 2. The van der Waals surface area contributed by atoms with Gasteiger partial charge in [-0.3, -0.25) is 0 Å². The number of hydrogen-bond acceptors (Lipinski definition) is 2. The first-order valence-corrected chi connectivity index (χ1v) is 15.5. The van der Waals surface area contributed by atoms with E-state index in [1.807, 2.05) is 0 Å². The van der Waals surface area contributed by atoms with Crippen LogP contribution in [0.3, 0.4) is 0 Å². The Kier molecular flexibility index (Phi) is 13.5. The molecule has 0 spiro atoms. The van der Waals surface area contributed by atoms with E-state index in [0.29, 0.717) is 0 Å². The van der Waals surface area contributed by atoms with Crippen molar-refractivity contribution in [2.75, 3.05) is 0 Å². The van der Waals surface area contributed by atoms with E-state index in [9.17, 15) is 10.2 Å². The summed E-state index contributed by atoms with van der Waals surface area (Å²) in [6, 6.07) is 0. The van der Waals surface area contributed by atoms with Gasteiger partial charge in [-0.2, -0.15) is 0 Å². The van der Waals surface area contributed by atoms with E-state index in [1.54, 1.807) is 0 Å². The molecule has 0 aromatic carbocycles. The first kappa shape index (κ1) is 35.3. The van der Waals surface area contributed by atoms with E-state index in [0.717, 1.165) is 25.7 Å². The van der Waals surface area contributed by atoms with Gasteiger partial charge in [-0.25, -0.2) is 0 Å². The molecule has 2 N–H and O–H groups in total. The topological polar surface area (TPSA) is 40.5 Å². The Morgan fingerprint density at radius 3 is 1.21 bits per heavy atom. The van der Waals surface area contributed by atoms with Crippen molar-refractivity contribution in [1.82, 2.24) is 0 Å². The predicted octanol–water partition coefficient (Wildman–Crippen LogP) is 10.5. The van der Waals surface area contributed by atoms with Crippen LogP contribution in [-0.4, -0.2) is 22.4 Å². The largest absolute Gasteiger partial charge is 0.392 e. The predicted molar refractivity (Wildman–Crippen MR) is 184 cm³/mol. The maximum atomic E-state index is 10.4. The summed E-state index contributed by atoms with van der Waals surface area (Å²) in [4.78, 5) is 0. The monoisotopic (exact) mass is 568 g/mol. The molecule has 2 rings (SSSR count). The van der Waals surface area contributed by atoms with Crippen LogP contribution < -0.4 is 0 Å². The van der Waals surface area contributed by atoms with E-state index in [2.05, 4.69) is 154 Å². The van der Waals surface area contributed by atoms with E-state index in [1.165, 1.54) is 44.6 Å². The van der Waals surface area contributed by atoms with Crippen molar-refractivity contribution < 1.29 is 10.2 Å². The van der Waals surface area contributed by atoms with Crippen molar-refractivity contribution in [2.45, 2.75) is 107 Å². The highest BCUT2D eigenvalue weighted by molar-refractivity contribution is 5.40. The second kappa shape index (κ2) is 16.1. The molecule has 0 aromatic rings. The summed E-state index contributed by atoms with van der Waals surface area (Å²) in [5, 5.41) is 20.9. The number of rotatable bonds is 10. The van der Waals surface area contributed by atoms with Crippen molar-refractivity contribution in [3.8, 4) is 0 Å². The minimum absolute atomic E-state index is 0.203. The zero-order valence-electron chi connectivity index (χ0n) is 28.0. The molecule has 0 aliphatic heterocycles. The second-order valence-corrected chi connectivity index (χ2v) is 13.4. The summed E-state index contributed by atoms with van der Waals surface area (Å²) >= 11 is 0. The molecule has 2 aliphatic carbocycles. The van der Waals surface area contributed by atoms with Crippen LogP contribution in [0.2, 0.25) is 0 Å². The van der Waals surface area contributed by atoms with Gasteiger partial charge in [0.2, 0.25) is 0 Å². The van der Waals surface area contributed by atoms with Gasteiger partial charge >= 0.3 is 0 Å². The zero-order valence-corrected chi connectivity index (χ0v) is 28.0. The minimum Gasteiger partial charge on any atom is -0.392 e. The number of allylic oxidation sites excluding steroid dienone is 20. The SMILES string of the molecule is CC1=C(/C=C/C(C)=C/C=C/C(C)=C/C=C/C=C(C)/C=C/C=C(C)/C=C/C2=C(C)CC[C@@H](O)C2(C)C)C(C)(C)[C@H](O)CC1. The highest BCUT2D eigenvalue weighted by Gasteiger charge is 2.35. The average Bonchev–Trinajstić information content (AvgIpc) is 2.91. The molecule has 228 valence electrons. The van der Waals surface area contributed by atoms with E-state index >= 15 is 0 Å². The fourth-order valence-electron chi connectivity index (χ4n) is 5.64. The summed E-state index contributed by atoms with van der Waals surface area (Å²) in [5.41, 5.74) is 9.59. The molecule has 0 unspecified atom stereocenters. The summed E-state index contributed by atoms with van der Waals surface area (Å²) in [6.45, 7) is 21.3. The Balaban J connectivity index is 1.91.